The number of carbonyl (C=O) groups excluding carboxylic acids is 1. The summed E-state index contributed by atoms with van der Waals surface area (Å²) in [4.78, 5) is 23.6. The largest absolute Gasteiger partial charge is 0.481 e. The second kappa shape index (κ2) is 6.76. The minimum Gasteiger partial charge on any atom is -0.481 e. The van der Waals surface area contributed by atoms with Crippen LogP contribution in [0.1, 0.15) is 31.4 Å². The quantitative estimate of drug-likeness (QED) is 0.840. The Morgan fingerprint density at radius 2 is 1.95 bits per heavy atom. The average Bonchev–Trinajstić information content (AvgIpc) is 2.47. The average molecular weight is 308 g/mol. The van der Waals surface area contributed by atoms with Crippen LogP contribution in [-0.4, -0.2) is 17.0 Å². The molecule has 2 N–H and O–H groups in total. The van der Waals surface area contributed by atoms with Crippen LogP contribution in [0, 0.1) is 11.8 Å². The summed E-state index contributed by atoms with van der Waals surface area (Å²) in [6.07, 6.45) is 4.56. The van der Waals surface area contributed by atoms with Gasteiger partial charge in [0.05, 0.1) is 17.9 Å². The molecule has 2 rings (SSSR count). The highest BCUT2D eigenvalue weighted by atomic mass is 35.5. The van der Waals surface area contributed by atoms with E-state index in [2.05, 4.69) is 5.32 Å². The fraction of sp³-hybridized carbons (Fsp3) is 0.375. The fourth-order valence-electron chi connectivity index (χ4n) is 2.56. The number of rotatable bonds is 4. The molecule has 112 valence electrons. The van der Waals surface area contributed by atoms with E-state index in [1.54, 1.807) is 12.1 Å². The molecule has 0 heterocycles. The Balaban J connectivity index is 2.06. The smallest absolute Gasteiger partial charge is 0.307 e. The van der Waals surface area contributed by atoms with Gasteiger partial charge in [-0.05, 0) is 37.5 Å². The number of hydrogen-bond acceptors (Lipinski definition) is 2. The lowest BCUT2D eigenvalue weighted by atomic mass is 9.82. The molecule has 0 aliphatic heterocycles. The van der Waals surface area contributed by atoms with Crippen LogP contribution < -0.4 is 5.32 Å². The number of benzene rings is 1. The zero-order valence-electron chi connectivity index (χ0n) is 11.8. The number of carbonyl (C=O) groups is 2. The number of halogens is 1. The van der Waals surface area contributed by atoms with Crippen LogP contribution in [0.5, 0.6) is 0 Å². The van der Waals surface area contributed by atoms with Crippen molar-refractivity contribution in [2.75, 3.05) is 0 Å². The van der Waals surface area contributed by atoms with Crippen LogP contribution in [0.4, 0.5) is 0 Å². The first-order valence-electron chi connectivity index (χ1n) is 6.92. The number of hydrogen-bond donors (Lipinski definition) is 2. The molecule has 2 unspecified atom stereocenters. The summed E-state index contributed by atoms with van der Waals surface area (Å²) in [6, 6.07) is 7.06. The minimum absolute atomic E-state index is 0.212. The van der Waals surface area contributed by atoms with Gasteiger partial charge >= 0.3 is 5.97 Å². The third-order valence-corrected chi connectivity index (χ3v) is 4.03. The molecule has 4 nitrogen and oxygen atoms in total. The molecular weight excluding hydrogens is 290 g/mol. The maximum absolute atomic E-state index is 12.3. The van der Waals surface area contributed by atoms with Crippen LogP contribution in [0.15, 0.2) is 36.4 Å². The molecular formula is C16H18ClNO3. The molecule has 0 saturated carbocycles. The molecule has 21 heavy (non-hydrogen) atoms. The minimum atomic E-state index is -0.921. The molecule has 0 bridgehead atoms. The molecule has 0 spiro atoms. The standard InChI is InChI=1S/C16H18ClNO3/c1-10(11-5-4-6-12(17)9-11)18-15(19)13-7-2-3-8-14(13)16(20)21/h2-6,9-10,13-14H,7-8H2,1H3,(H,18,19)(H,20,21)/t10-,13?,14?/m1/s1. The van der Waals surface area contributed by atoms with Crippen LogP contribution in [0.3, 0.4) is 0 Å². The lowest BCUT2D eigenvalue weighted by Crippen LogP contribution is -2.39. The number of nitrogens with one attached hydrogen (secondary N) is 1. The van der Waals surface area contributed by atoms with E-state index >= 15 is 0 Å². The molecule has 1 aromatic carbocycles. The van der Waals surface area contributed by atoms with E-state index in [0.717, 1.165) is 5.56 Å². The van der Waals surface area contributed by atoms with E-state index in [-0.39, 0.29) is 11.9 Å². The van der Waals surface area contributed by atoms with Gasteiger partial charge in [-0.15, -0.1) is 0 Å². The summed E-state index contributed by atoms with van der Waals surface area (Å²) in [5.74, 6) is -2.31. The number of carboxylic acid groups (broad SMARTS) is 1. The van der Waals surface area contributed by atoms with E-state index in [0.29, 0.717) is 17.9 Å². The molecule has 0 aromatic heterocycles. The Morgan fingerprint density at radius 1 is 1.29 bits per heavy atom. The van der Waals surface area contributed by atoms with E-state index in [4.69, 9.17) is 11.6 Å². The highest BCUT2D eigenvalue weighted by molar-refractivity contribution is 6.30. The van der Waals surface area contributed by atoms with E-state index in [1.807, 2.05) is 31.2 Å². The third kappa shape index (κ3) is 3.85. The highest BCUT2D eigenvalue weighted by Gasteiger charge is 2.34. The number of allylic oxidation sites excluding steroid dienone is 2. The second-order valence-electron chi connectivity index (χ2n) is 5.28. The zero-order chi connectivity index (χ0) is 15.4. The fourth-order valence-corrected chi connectivity index (χ4v) is 2.76. The van der Waals surface area contributed by atoms with Crippen LogP contribution >= 0.6 is 11.6 Å². The Labute approximate surface area is 128 Å². The van der Waals surface area contributed by atoms with E-state index in [1.165, 1.54) is 0 Å². The predicted molar refractivity (Wildman–Crippen MR) is 81.0 cm³/mol. The molecule has 0 fully saturated rings. The van der Waals surface area contributed by atoms with Gasteiger partial charge in [-0.1, -0.05) is 35.9 Å². The van der Waals surface area contributed by atoms with Crippen molar-refractivity contribution in [2.24, 2.45) is 11.8 Å². The molecule has 3 atom stereocenters. The lowest BCUT2D eigenvalue weighted by molar-refractivity contribution is -0.147. The van der Waals surface area contributed by atoms with Crippen molar-refractivity contribution in [3.05, 3.63) is 47.0 Å². The molecule has 1 aliphatic rings. The SMILES string of the molecule is C[C@@H](NC(=O)C1CC=CCC1C(=O)O)c1cccc(Cl)c1. The van der Waals surface area contributed by atoms with Gasteiger partial charge in [0.1, 0.15) is 0 Å². The van der Waals surface area contributed by atoms with Gasteiger partial charge in [0.25, 0.3) is 0 Å². The molecule has 1 amide bonds. The third-order valence-electron chi connectivity index (χ3n) is 3.79. The van der Waals surface area contributed by atoms with Crippen LogP contribution in [0.2, 0.25) is 5.02 Å². The van der Waals surface area contributed by atoms with Crippen molar-refractivity contribution < 1.29 is 14.7 Å². The summed E-state index contributed by atoms with van der Waals surface area (Å²) < 4.78 is 0. The Hall–Kier alpha value is -1.81. The predicted octanol–water partition coefficient (Wildman–Crippen LogP) is 3.18. The van der Waals surface area contributed by atoms with Crippen molar-refractivity contribution >= 4 is 23.5 Å². The first kappa shape index (κ1) is 15.6. The normalized spacial score (nSPS) is 22.6. The van der Waals surface area contributed by atoms with Gasteiger partial charge in [-0.25, -0.2) is 0 Å². The van der Waals surface area contributed by atoms with Gasteiger partial charge in [0.2, 0.25) is 5.91 Å². The Bertz CT molecular complexity index is 570. The summed E-state index contributed by atoms with van der Waals surface area (Å²) in [5, 5.41) is 12.7. The Morgan fingerprint density at radius 3 is 2.57 bits per heavy atom. The van der Waals surface area contributed by atoms with Crippen LogP contribution in [-0.2, 0) is 9.59 Å². The summed E-state index contributed by atoms with van der Waals surface area (Å²) >= 11 is 5.94. The molecule has 1 aromatic rings. The first-order valence-corrected chi connectivity index (χ1v) is 7.30. The van der Waals surface area contributed by atoms with Gasteiger partial charge in [0.15, 0.2) is 0 Å². The van der Waals surface area contributed by atoms with Gasteiger partial charge in [0, 0.05) is 5.02 Å². The van der Waals surface area contributed by atoms with Gasteiger partial charge < -0.3 is 10.4 Å². The monoisotopic (exact) mass is 307 g/mol. The maximum Gasteiger partial charge on any atom is 0.307 e. The van der Waals surface area contributed by atoms with Gasteiger partial charge in [-0.2, -0.15) is 0 Å². The van der Waals surface area contributed by atoms with Crippen molar-refractivity contribution in [2.45, 2.75) is 25.8 Å². The van der Waals surface area contributed by atoms with E-state index in [9.17, 15) is 14.7 Å². The summed E-state index contributed by atoms with van der Waals surface area (Å²) in [6.45, 7) is 1.86. The number of carboxylic acids is 1. The second-order valence-corrected chi connectivity index (χ2v) is 5.72. The highest BCUT2D eigenvalue weighted by Crippen LogP contribution is 2.27. The zero-order valence-corrected chi connectivity index (χ0v) is 12.5. The maximum atomic E-state index is 12.3. The molecule has 1 aliphatic carbocycles. The molecule has 0 saturated heterocycles. The van der Waals surface area contributed by atoms with Crippen LogP contribution in [0.25, 0.3) is 0 Å². The summed E-state index contributed by atoms with van der Waals surface area (Å²) in [7, 11) is 0. The molecule has 0 radical (unpaired) electrons. The Kier molecular flexibility index (Phi) is 5.02. The number of aliphatic carboxylic acids is 1. The van der Waals surface area contributed by atoms with Crippen molar-refractivity contribution in [1.82, 2.24) is 5.32 Å². The van der Waals surface area contributed by atoms with Gasteiger partial charge in [-0.3, -0.25) is 9.59 Å². The topological polar surface area (TPSA) is 66.4 Å². The van der Waals surface area contributed by atoms with Crippen molar-refractivity contribution in [3.63, 3.8) is 0 Å². The number of amides is 1. The molecule has 5 heteroatoms. The first-order chi connectivity index (χ1) is 9.99. The lowest BCUT2D eigenvalue weighted by Gasteiger charge is -2.26. The van der Waals surface area contributed by atoms with Crippen molar-refractivity contribution in [3.8, 4) is 0 Å². The van der Waals surface area contributed by atoms with Crippen molar-refractivity contribution in [1.29, 1.82) is 0 Å². The van der Waals surface area contributed by atoms with E-state index < -0.39 is 17.8 Å². The summed E-state index contributed by atoms with van der Waals surface area (Å²) in [5.41, 5.74) is 0.897.